The first-order valence-electron chi connectivity index (χ1n) is 9.33. The molecule has 0 bridgehead atoms. The molecular formula is C21H23BrN2O6. The number of carbonyl (C=O) groups is 1. The van der Waals surface area contributed by atoms with E-state index in [1.54, 1.807) is 44.6 Å². The third kappa shape index (κ3) is 4.85. The topological polar surface area (TPSA) is 87.6 Å². The number of fused-ring (bicyclic) bond motifs is 1. The summed E-state index contributed by atoms with van der Waals surface area (Å²) in [4.78, 5) is 12.8. The minimum Gasteiger partial charge on any atom is -0.493 e. The van der Waals surface area contributed by atoms with Crippen LogP contribution in [0.2, 0.25) is 0 Å². The van der Waals surface area contributed by atoms with E-state index in [-0.39, 0.29) is 0 Å². The number of carbonyl (C=O) groups excluding carboxylic acids is 1. The van der Waals surface area contributed by atoms with Crippen LogP contribution < -0.4 is 24.4 Å². The molecule has 8 nitrogen and oxygen atoms in total. The van der Waals surface area contributed by atoms with Crippen LogP contribution in [0.15, 0.2) is 39.9 Å². The van der Waals surface area contributed by atoms with Gasteiger partial charge in [-0.1, -0.05) is 12.1 Å². The van der Waals surface area contributed by atoms with Gasteiger partial charge in [-0.15, -0.1) is 0 Å². The summed E-state index contributed by atoms with van der Waals surface area (Å²) in [7, 11) is 3.10. The van der Waals surface area contributed by atoms with Crippen LogP contribution in [0, 0.1) is 0 Å². The standard InChI is InChI=1S/C21H23BrN2O6/c1-4-28-19(14-6-5-7-16-18(14)30-9-8-29-16)21(25)24-23-12-13-10-15(22)20(27-3)17(11-13)26-2/h5-7,10-12,19H,4,8-9H2,1-3H3,(H,24,25). The summed E-state index contributed by atoms with van der Waals surface area (Å²) in [6.45, 7) is 3.04. The van der Waals surface area contributed by atoms with E-state index < -0.39 is 12.0 Å². The van der Waals surface area contributed by atoms with E-state index >= 15 is 0 Å². The van der Waals surface area contributed by atoms with E-state index in [0.29, 0.717) is 58.4 Å². The number of halogens is 1. The average Bonchev–Trinajstić information content (AvgIpc) is 2.76. The van der Waals surface area contributed by atoms with Gasteiger partial charge in [0.25, 0.3) is 5.91 Å². The molecule has 160 valence electrons. The van der Waals surface area contributed by atoms with Gasteiger partial charge in [0.05, 0.1) is 24.9 Å². The smallest absolute Gasteiger partial charge is 0.273 e. The Morgan fingerprint density at radius 1 is 1.27 bits per heavy atom. The van der Waals surface area contributed by atoms with Gasteiger partial charge in [-0.3, -0.25) is 4.79 Å². The molecule has 30 heavy (non-hydrogen) atoms. The number of nitrogens with one attached hydrogen (secondary N) is 1. The number of nitrogens with zero attached hydrogens (tertiary/aromatic N) is 1. The zero-order valence-corrected chi connectivity index (χ0v) is 18.5. The van der Waals surface area contributed by atoms with Gasteiger partial charge >= 0.3 is 0 Å². The Hall–Kier alpha value is -2.78. The molecule has 0 aromatic heterocycles. The predicted octanol–water partition coefficient (Wildman–Crippen LogP) is 3.47. The lowest BCUT2D eigenvalue weighted by Gasteiger charge is -2.24. The second kappa shape index (κ2) is 10.3. The molecule has 0 fully saturated rings. The number of rotatable bonds is 8. The summed E-state index contributed by atoms with van der Waals surface area (Å²) in [5, 5.41) is 4.06. The molecule has 1 amide bonds. The van der Waals surface area contributed by atoms with Crippen LogP contribution in [-0.2, 0) is 9.53 Å². The summed E-state index contributed by atoms with van der Waals surface area (Å²) in [6, 6.07) is 8.93. The van der Waals surface area contributed by atoms with Crippen LogP contribution in [0.25, 0.3) is 0 Å². The molecule has 0 saturated heterocycles. The number of benzene rings is 2. The molecule has 0 radical (unpaired) electrons. The second-order valence-electron chi connectivity index (χ2n) is 6.18. The summed E-state index contributed by atoms with van der Waals surface area (Å²) in [6.07, 6.45) is 0.620. The zero-order valence-electron chi connectivity index (χ0n) is 16.9. The fraction of sp³-hybridized carbons (Fsp3) is 0.333. The van der Waals surface area contributed by atoms with Gasteiger partial charge in [-0.05, 0) is 46.6 Å². The van der Waals surface area contributed by atoms with E-state index in [1.165, 1.54) is 6.21 Å². The number of ether oxygens (including phenoxy) is 5. The van der Waals surface area contributed by atoms with Gasteiger partial charge in [0.15, 0.2) is 29.1 Å². The molecule has 9 heteroatoms. The van der Waals surface area contributed by atoms with Gasteiger partial charge in [-0.25, -0.2) is 5.43 Å². The number of methoxy groups -OCH3 is 2. The van der Waals surface area contributed by atoms with Crippen molar-refractivity contribution in [3.05, 3.63) is 45.9 Å². The maximum Gasteiger partial charge on any atom is 0.273 e. The first-order chi connectivity index (χ1) is 14.6. The molecule has 1 atom stereocenters. The van der Waals surface area contributed by atoms with Crippen molar-refractivity contribution in [3.8, 4) is 23.0 Å². The minimum absolute atomic E-state index is 0.342. The first-order valence-corrected chi connectivity index (χ1v) is 10.1. The summed E-state index contributed by atoms with van der Waals surface area (Å²) in [5.41, 5.74) is 3.83. The summed E-state index contributed by atoms with van der Waals surface area (Å²) < 4.78 is 28.3. The fourth-order valence-corrected chi connectivity index (χ4v) is 3.64. The molecule has 2 aromatic rings. The van der Waals surface area contributed by atoms with Crippen molar-refractivity contribution in [1.29, 1.82) is 0 Å². The molecule has 0 saturated carbocycles. The quantitative estimate of drug-likeness (QED) is 0.461. The summed E-state index contributed by atoms with van der Waals surface area (Å²) >= 11 is 3.43. The van der Waals surface area contributed by atoms with Crippen molar-refractivity contribution in [1.82, 2.24) is 5.43 Å². The van der Waals surface area contributed by atoms with Crippen molar-refractivity contribution in [2.75, 3.05) is 34.0 Å². The third-order valence-corrected chi connectivity index (χ3v) is 4.88. The van der Waals surface area contributed by atoms with Crippen molar-refractivity contribution >= 4 is 28.1 Å². The van der Waals surface area contributed by atoms with Crippen molar-refractivity contribution in [2.24, 2.45) is 5.10 Å². The number of amides is 1. The first kappa shape index (κ1) is 21.9. The number of hydrazone groups is 1. The Kier molecular flexibility index (Phi) is 7.53. The Bertz CT molecular complexity index is 934. The van der Waals surface area contributed by atoms with Crippen LogP contribution in [0.3, 0.4) is 0 Å². The molecule has 3 rings (SSSR count). The van der Waals surface area contributed by atoms with E-state index in [2.05, 4.69) is 26.5 Å². The molecule has 1 unspecified atom stereocenters. The van der Waals surface area contributed by atoms with Crippen LogP contribution in [0.4, 0.5) is 0 Å². The highest BCUT2D eigenvalue weighted by atomic mass is 79.9. The Morgan fingerprint density at radius 2 is 2.07 bits per heavy atom. The van der Waals surface area contributed by atoms with Gasteiger partial charge in [-0.2, -0.15) is 5.10 Å². The fourth-order valence-electron chi connectivity index (χ4n) is 3.02. The average molecular weight is 479 g/mol. The van der Waals surface area contributed by atoms with Crippen LogP contribution in [-0.4, -0.2) is 46.2 Å². The lowest BCUT2D eigenvalue weighted by atomic mass is 10.1. The Balaban J connectivity index is 1.78. The molecule has 1 aliphatic rings. The molecular weight excluding hydrogens is 456 g/mol. The molecule has 1 N–H and O–H groups in total. The SMILES string of the molecule is CCOC(C(=O)NN=Cc1cc(Br)c(OC)c(OC)c1)c1cccc2c1OCCO2. The molecule has 0 aliphatic carbocycles. The van der Waals surface area contributed by atoms with Gasteiger partial charge in [0.2, 0.25) is 0 Å². The highest BCUT2D eigenvalue weighted by Crippen LogP contribution is 2.38. The van der Waals surface area contributed by atoms with Crippen molar-refractivity contribution in [3.63, 3.8) is 0 Å². The van der Waals surface area contributed by atoms with Crippen molar-refractivity contribution < 1.29 is 28.5 Å². The van der Waals surface area contributed by atoms with E-state index in [1.807, 2.05) is 6.92 Å². The van der Waals surface area contributed by atoms with Crippen LogP contribution in [0.1, 0.15) is 24.2 Å². The zero-order chi connectivity index (χ0) is 21.5. The highest BCUT2D eigenvalue weighted by Gasteiger charge is 2.28. The largest absolute Gasteiger partial charge is 0.493 e. The maximum atomic E-state index is 12.8. The lowest BCUT2D eigenvalue weighted by molar-refractivity contribution is -0.133. The van der Waals surface area contributed by atoms with E-state index in [0.717, 1.165) is 0 Å². The van der Waals surface area contributed by atoms with Crippen molar-refractivity contribution in [2.45, 2.75) is 13.0 Å². The molecule has 1 aliphatic heterocycles. The molecule has 1 heterocycles. The van der Waals surface area contributed by atoms with Crippen LogP contribution in [0.5, 0.6) is 23.0 Å². The normalized spacial score (nSPS) is 13.7. The summed E-state index contributed by atoms with van der Waals surface area (Å²) in [5.74, 6) is 1.81. The highest BCUT2D eigenvalue weighted by molar-refractivity contribution is 9.10. The van der Waals surface area contributed by atoms with Gasteiger partial charge in [0, 0.05) is 12.2 Å². The molecule has 0 spiro atoms. The van der Waals surface area contributed by atoms with Gasteiger partial charge < -0.3 is 23.7 Å². The monoisotopic (exact) mass is 478 g/mol. The number of hydrogen-bond acceptors (Lipinski definition) is 7. The maximum absolute atomic E-state index is 12.8. The number of hydrogen-bond donors (Lipinski definition) is 1. The predicted molar refractivity (Wildman–Crippen MR) is 115 cm³/mol. The third-order valence-electron chi connectivity index (χ3n) is 4.29. The Morgan fingerprint density at radius 3 is 2.80 bits per heavy atom. The van der Waals surface area contributed by atoms with Gasteiger partial charge in [0.1, 0.15) is 13.2 Å². The van der Waals surface area contributed by atoms with Crippen LogP contribution >= 0.6 is 15.9 Å². The lowest BCUT2D eigenvalue weighted by Crippen LogP contribution is -2.28. The van der Waals surface area contributed by atoms with E-state index in [4.69, 9.17) is 23.7 Å². The number of para-hydroxylation sites is 1. The van der Waals surface area contributed by atoms with E-state index in [9.17, 15) is 4.79 Å². The Labute approximate surface area is 183 Å². The molecule has 2 aromatic carbocycles. The minimum atomic E-state index is -0.888. The second-order valence-corrected chi connectivity index (χ2v) is 7.03.